The molecule has 0 bridgehead atoms. The smallest absolute Gasteiger partial charge is 0.276 e. The van der Waals surface area contributed by atoms with Crippen molar-refractivity contribution in [2.45, 2.75) is 26.8 Å². The summed E-state index contributed by atoms with van der Waals surface area (Å²) in [5.41, 5.74) is 4.82. The summed E-state index contributed by atoms with van der Waals surface area (Å²) in [5, 5.41) is 11.8. The summed E-state index contributed by atoms with van der Waals surface area (Å²) < 4.78 is 0. The zero-order chi connectivity index (χ0) is 21.7. The first-order chi connectivity index (χ1) is 14.3. The minimum absolute atomic E-state index is 0.200. The first-order valence-electron chi connectivity index (χ1n) is 9.66. The molecule has 0 spiro atoms. The van der Waals surface area contributed by atoms with Crippen LogP contribution in [0.3, 0.4) is 0 Å². The van der Waals surface area contributed by atoms with Gasteiger partial charge in [0, 0.05) is 11.8 Å². The lowest BCUT2D eigenvalue weighted by Crippen LogP contribution is -2.37. The lowest BCUT2D eigenvalue weighted by atomic mass is 9.84. The van der Waals surface area contributed by atoms with Crippen LogP contribution in [0, 0.1) is 5.41 Å². The maximum atomic E-state index is 12.9. The molecule has 1 aromatic heterocycles. The molecule has 3 N–H and O–H groups in total. The predicted octanol–water partition coefficient (Wildman–Crippen LogP) is 4.38. The Balaban J connectivity index is 1.80. The first-order valence-corrected chi connectivity index (χ1v) is 9.66. The molecule has 0 aliphatic heterocycles. The molecule has 6 nitrogen and oxygen atoms in total. The number of hydrogen-bond acceptors (Lipinski definition) is 4. The Morgan fingerprint density at radius 1 is 0.833 bits per heavy atom. The van der Waals surface area contributed by atoms with Crippen molar-refractivity contribution in [2.24, 2.45) is 5.41 Å². The number of carbonyl (C=O) groups is 2. The van der Waals surface area contributed by atoms with E-state index in [2.05, 4.69) is 10.3 Å². The number of pyridine rings is 1. The maximum Gasteiger partial charge on any atom is 0.276 e. The van der Waals surface area contributed by atoms with Gasteiger partial charge >= 0.3 is 0 Å². The van der Waals surface area contributed by atoms with E-state index in [1.54, 1.807) is 29.7 Å². The van der Waals surface area contributed by atoms with Crippen LogP contribution in [0.25, 0.3) is 11.1 Å². The first kappa shape index (κ1) is 21.2. The fourth-order valence-electron chi connectivity index (χ4n) is 3.17. The number of aromatic nitrogens is 1. The van der Waals surface area contributed by atoms with Gasteiger partial charge in [0.1, 0.15) is 0 Å². The average molecular weight is 403 g/mol. The lowest BCUT2D eigenvalue weighted by molar-refractivity contribution is 0.0705. The van der Waals surface area contributed by atoms with Crippen LogP contribution in [0.1, 0.15) is 53.2 Å². The molecule has 1 unspecified atom stereocenters. The van der Waals surface area contributed by atoms with Crippen LogP contribution in [-0.2, 0) is 0 Å². The molecule has 0 saturated carbocycles. The van der Waals surface area contributed by atoms with Crippen molar-refractivity contribution in [3.05, 3.63) is 89.7 Å². The van der Waals surface area contributed by atoms with Gasteiger partial charge in [0.15, 0.2) is 0 Å². The molecule has 154 valence electrons. The zero-order valence-electron chi connectivity index (χ0n) is 17.2. The summed E-state index contributed by atoms with van der Waals surface area (Å²) in [6, 6.07) is 20.3. The van der Waals surface area contributed by atoms with Crippen LogP contribution in [0.15, 0.2) is 72.9 Å². The second-order valence-electron chi connectivity index (χ2n) is 8.13. The summed E-state index contributed by atoms with van der Waals surface area (Å²) in [6.07, 6.45) is 1.38. The molecular formula is C24H25N3O3. The molecular weight excluding hydrogens is 378 g/mol. The quantitative estimate of drug-likeness (QED) is 0.435. The molecule has 1 atom stereocenters. The highest BCUT2D eigenvalue weighted by atomic mass is 16.5. The van der Waals surface area contributed by atoms with E-state index in [4.69, 9.17) is 5.21 Å². The van der Waals surface area contributed by atoms with Gasteiger partial charge in [0.05, 0.1) is 17.3 Å². The summed E-state index contributed by atoms with van der Waals surface area (Å²) >= 11 is 0. The van der Waals surface area contributed by atoms with Crippen LogP contribution >= 0.6 is 0 Å². The van der Waals surface area contributed by atoms with Gasteiger partial charge in [0.25, 0.3) is 11.8 Å². The Hall–Kier alpha value is -3.51. The molecule has 1 heterocycles. The molecule has 3 rings (SSSR count). The highest BCUT2D eigenvalue weighted by Crippen LogP contribution is 2.32. The summed E-state index contributed by atoms with van der Waals surface area (Å²) in [6.45, 7) is 6.02. The molecule has 30 heavy (non-hydrogen) atoms. The van der Waals surface area contributed by atoms with Gasteiger partial charge < -0.3 is 5.32 Å². The van der Waals surface area contributed by atoms with Gasteiger partial charge in [-0.1, -0.05) is 63.2 Å². The van der Waals surface area contributed by atoms with Gasteiger partial charge in [-0.05, 0) is 40.8 Å². The number of carbonyl (C=O) groups excluding carboxylic acids is 2. The Kier molecular flexibility index (Phi) is 6.28. The van der Waals surface area contributed by atoms with Crippen LogP contribution in [-0.4, -0.2) is 22.0 Å². The van der Waals surface area contributed by atoms with Crippen molar-refractivity contribution in [2.75, 3.05) is 0 Å². The molecule has 2 aromatic carbocycles. The number of hydrogen-bond donors (Lipinski definition) is 3. The predicted molar refractivity (Wildman–Crippen MR) is 115 cm³/mol. The topological polar surface area (TPSA) is 91.3 Å². The van der Waals surface area contributed by atoms with Gasteiger partial charge in [-0.2, -0.15) is 0 Å². The Morgan fingerprint density at radius 3 is 1.97 bits per heavy atom. The molecule has 2 amide bonds. The fraction of sp³-hybridized carbons (Fsp3) is 0.208. The van der Waals surface area contributed by atoms with Gasteiger partial charge in [-0.25, -0.2) is 5.48 Å². The third kappa shape index (κ3) is 4.90. The number of hydroxylamine groups is 1. The van der Waals surface area contributed by atoms with Crippen molar-refractivity contribution >= 4 is 11.8 Å². The fourth-order valence-corrected chi connectivity index (χ4v) is 3.17. The Morgan fingerprint density at radius 2 is 1.43 bits per heavy atom. The van der Waals surface area contributed by atoms with Crippen molar-refractivity contribution in [1.29, 1.82) is 0 Å². The third-order valence-corrected chi connectivity index (χ3v) is 4.84. The van der Waals surface area contributed by atoms with Gasteiger partial charge in [0.2, 0.25) is 0 Å². The van der Waals surface area contributed by atoms with Crippen LogP contribution in [0.2, 0.25) is 0 Å². The maximum absolute atomic E-state index is 12.9. The SMILES string of the molecule is CC(C)(C)C(NC(=O)c1ccc(-c2ccccc2)cc1)c1ccc(C(=O)NO)cn1. The van der Waals surface area contributed by atoms with Crippen molar-refractivity contribution < 1.29 is 14.8 Å². The second kappa shape index (κ2) is 8.88. The zero-order valence-corrected chi connectivity index (χ0v) is 17.2. The largest absolute Gasteiger partial charge is 0.343 e. The Bertz CT molecular complexity index is 1010. The average Bonchev–Trinajstić information content (AvgIpc) is 2.77. The highest BCUT2D eigenvalue weighted by molar-refractivity contribution is 5.95. The van der Waals surface area contributed by atoms with Gasteiger partial charge in [-0.15, -0.1) is 0 Å². The van der Waals surface area contributed by atoms with E-state index in [-0.39, 0.29) is 22.9 Å². The van der Waals surface area contributed by atoms with Gasteiger partial charge in [-0.3, -0.25) is 19.8 Å². The third-order valence-electron chi connectivity index (χ3n) is 4.84. The van der Waals surface area contributed by atoms with E-state index >= 15 is 0 Å². The normalized spacial score (nSPS) is 12.1. The van der Waals surface area contributed by atoms with E-state index in [0.29, 0.717) is 11.3 Å². The highest BCUT2D eigenvalue weighted by Gasteiger charge is 2.29. The number of nitrogens with zero attached hydrogens (tertiary/aromatic N) is 1. The number of nitrogens with one attached hydrogen (secondary N) is 2. The van der Waals surface area contributed by atoms with E-state index in [9.17, 15) is 9.59 Å². The van der Waals surface area contributed by atoms with E-state index in [0.717, 1.165) is 11.1 Å². The van der Waals surface area contributed by atoms with Crippen LogP contribution < -0.4 is 10.8 Å². The molecule has 0 aliphatic rings. The van der Waals surface area contributed by atoms with Crippen molar-refractivity contribution in [3.8, 4) is 11.1 Å². The van der Waals surface area contributed by atoms with E-state index < -0.39 is 5.91 Å². The molecule has 6 heteroatoms. The Labute approximate surface area is 175 Å². The number of benzene rings is 2. The monoisotopic (exact) mass is 403 g/mol. The number of rotatable bonds is 5. The van der Waals surface area contributed by atoms with Crippen molar-refractivity contribution in [3.63, 3.8) is 0 Å². The molecule has 0 saturated heterocycles. The second-order valence-corrected chi connectivity index (χ2v) is 8.13. The number of amides is 2. The van der Waals surface area contributed by atoms with Crippen LogP contribution in [0.5, 0.6) is 0 Å². The van der Waals surface area contributed by atoms with E-state index in [1.807, 2.05) is 63.2 Å². The van der Waals surface area contributed by atoms with E-state index in [1.165, 1.54) is 6.20 Å². The van der Waals surface area contributed by atoms with Crippen LogP contribution in [0.4, 0.5) is 0 Å². The molecule has 0 fully saturated rings. The van der Waals surface area contributed by atoms with Crippen molar-refractivity contribution in [1.82, 2.24) is 15.8 Å². The minimum Gasteiger partial charge on any atom is -0.343 e. The lowest BCUT2D eigenvalue weighted by Gasteiger charge is -2.31. The summed E-state index contributed by atoms with van der Waals surface area (Å²) in [4.78, 5) is 28.8. The standard InChI is InChI=1S/C24H25N3O3/c1-24(2,3)21(20-14-13-19(15-25-20)23(29)27-30)26-22(28)18-11-9-17(10-12-18)16-7-5-4-6-8-16/h4-15,21,30H,1-3H3,(H,26,28)(H,27,29). The molecule has 0 aliphatic carbocycles. The molecule has 0 radical (unpaired) electrons. The summed E-state index contributed by atoms with van der Waals surface area (Å²) in [7, 11) is 0. The summed E-state index contributed by atoms with van der Waals surface area (Å²) in [5.74, 6) is -0.836. The minimum atomic E-state index is -0.635. The molecule has 3 aromatic rings.